The van der Waals surface area contributed by atoms with Gasteiger partial charge >= 0.3 is 5.97 Å². The van der Waals surface area contributed by atoms with Crippen molar-refractivity contribution in [3.63, 3.8) is 0 Å². The number of fused-ring (bicyclic) bond motifs is 2. The van der Waals surface area contributed by atoms with E-state index in [1.165, 1.54) is 14.2 Å². The van der Waals surface area contributed by atoms with Crippen LogP contribution in [0, 0.1) is 23.7 Å². The molecule has 0 aliphatic heterocycles. The molecule has 1 amide bonds. The molecule has 6 nitrogen and oxygen atoms in total. The summed E-state index contributed by atoms with van der Waals surface area (Å²) in [5.74, 6) is -1.41. The summed E-state index contributed by atoms with van der Waals surface area (Å²) in [6.07, 6.45) is 4.60. The summed E-state index contributed by atoms with van der Waals surface area (Å²) in [5.41, 5.74) is 0.479. The molecule has 23 heavy (non-hydrogen) atoms. The number of ether oxygens (including phenoxy) is 2. The number of hydrogen-bond acceptors (Lipinski definition) is 4. The minimum absolute atomic E-state index is 0.0160. The molecule has 0 saturated heterocycles. The van der Waals surface area contributed by atoms with Gasteiger partial charge in [-0.05, 0) is 30.4 Å². The van der Waals surface area contributed by atoms with E-state index in [1.807, 2.05) is 12.2 Å². The van der Waals surface area contributed by atoms with E-state index in [9.17, 15) is 14.7 Å². The molecule has 1 fully saturated rings. The van der Waals surface area contributed by atoms with Crippen LogP contribution in [-0.2, 0) is 9.59 Å². The van der Waals surface area contributed by atoms with E-state index in [2.05, 4.69) is 5.32 Å². The zero-order valence-corrected chi connectivity index (χ0v) is 13.0. The quantitative estimate of drug-likeness (QED) is 0.813. The highest BCUT2D eigenvalue weighted by Crippen LogP contribution is 2.48. The zero-order valence-electron chi connectivity index (χ0n) is 13.0. The SMILES string of the molecule is COc1ccc(OC)c(NC(=O)C2C3C=CC(C3)C2C(=O)O)c1. The van der Waals surface area contributed by atoms with Gasteiger partial charge in [-0.1, -0.05) is 12.2 Å². The first-order chi connectivity index (χ1) is 11.0. The summed E-state index contributed by atoms with van der Waals surface area (Å²) in [5, 5.41) is 12.3. The smallest absolute Gasteiger partial charge is 0.307 e. The maximum Gasteiger partial charge on any atom is 0.307 e. The second-order valence-electron chi connectivity index (χ2n) is 5.89. The third-order valence-corrected chi connectivity index (χ3v) is 4.71. The van der Waals surface area contributed by atoms with Crippen molar-refractivity contribution in [1.29, 1.82) is 0 Å². The maximum absolute atomic E-state index is 12.7. The lowest BCUT2D eigenvalue weighted by molar-refractivity contribution is -0.146. The molecule has 4 atom stereocenters. The molecule has 0 radical (unpaired) electrons. The first-order valence-corrected chi connectivity index (χ1v) is 7.49. The summed E-state index contributed by atoms with van der Waals surface area (Å²) >= 11 is 0. The van der Waals surface area contributed by atoms with Gasteiger partial charge in [0.05, 0.1) is 31.7 Å². The molecule has 1 aromatic carbocycles. The molecule has 2 N–H and O–H groups in total. The number of carboxylic acid groups (broad SMARTS) is 1. The van der Waals surface area contributed by atoms with Gasteiger partial charge < -0.3 is 19.9 Å². The van der Waals surface area contributed by atoms with Crippen molar-refractivity contribution in [2.45, 2.75) is 6.42 Å². The van der Waals surface area contributed by atoms with Crippen molar-refractivity contribution < 1.29 is 24.2 Å². The Balaban J connectivity index is 1.84. The predicted octanol–water partition coefficient (Wildman–Crippen LogP) is 2.17. The number of anilines is 1. The molecule has 4 unspecified atom stereocenters. The van der Waals surface area contributed by atoms with Crippen LogP contribution >= 0.6 is 0 Å². The van der Waals surface area contributed by atoms with Crippen LogP contribution in [0.4, 0.5) is 5.69 Å². The molecule has 6 heteroatoms. The number of amides is 1. The summed E-state index contributed by atoms with van der Waals surface area (Å²) in [7, 11) is 3.05. The monoisotopic (exact) mass is 317 g/mol. The first-order valence-electron chi connectivity index (χ1n) is 7.49. The molecule has 2 bridgehead atoms. The van der Waals surface area contributed by atoms with Crippen LogP contribution in [-0.4, -0.2) is 31.2 Å². The molecule has 1 aromatic rings. The van der Waals surface area contributed by atoms with Crippen LogP contribution in [0.2, 0.25) is 0 Å². The van der Waals surface area contributed by atoms with Crippen molar-refractivity contribution in [1.82, 2.24) is 0 Å². The van der Waals surface area contributed by atoms with Gasteiger partial charge in [-0.3, -0.25) is 9.59 Å². The van der Waals surface area contributed by atoms with Crippen LogP contribution in [0.5, 0.6) is 11.5 Å². The minimum atomic E-state index is -0.917. The van der Waals surface area contributed by atoms with Gasteiger partial charge in [0.2, 0.25) is 5.91 Å². The second kappa shape index (κ2) is 5.95. The third-order valence-electron chi connectivity index (χ3n) is 4.71. The maximum atomic E-state index is 12.7. The number of methoxy groups -OCH3 is 2. The van der Waals surface area contributed by atoms with Crippen molar-refractivity contribution in [2.75, 3.05) is 19.5 Å². The minimum Gasteiger partial charge on any atom is -0.497 e. The number of rotatable bonds is 5. The lowest BCUT2D eigenvalue weighted by atomic mass is 9.82. The Labute approximate surface area is 134 Å². The molecule has 2 aliphatic rings. The number of carbonyl (C=O) groups excluding carboxylic acids is 1. The van der Waals surface area contributed by atoms with Gasteiger partial charge in [-0.2, -0.15) is 0 Å². The predicted molar refractivity (Wildman–Crippen MR) is 83.5 cm³/mol. The average Bonchev–Trinajstić information content (AvgIpc) is 3.15. The van der Waals surface area contributed by atoms with Gasteiger partial charge in [-0.15, -0.1) is 0 Å². The second-order valence-corrected chi connectivity index (χ2v) is 5.89. The van der Waals surface area contributed by atoms with Crippen LogP contribution in [0.15, 0.2) is 30.4 Å². The molecule has 3 rings (SSSR count). The number of carboxylic acids is 1. The first kappa shape index (κ1) is 15.4. The standard InChI is InChI=1S/C17H19NO5/c1-22-11-5-6-13(23-2)12(8-11)18-16(19)14-9-3-4-10(7-9)15(14)17(20)21/h3-6,8-10,14-15H,7H2,1-2H3,(H,18,19)(H,20,21). The van der Waals surface area contributed by atoms with E-state index in [0.29, 0.717) is 17.2 Å². The van der Waals surface area contributed by atoms with Crippen molar-refractivity contribution >= 4 is 17.6 Å². The highest BCUT2D eigenvalue weighted by molar-refractivity contribution is 5.97. The Morgan fingerprint density at radius 2 is 1.83 bits per heavy atom. The molecular formula is C17H19NO5. The molecule has 2 aliphatic carbocycles. The van der Waals surface area contributed by atoms with E-state index < -0.39 is 17.8 Å². The summed E-state index contributed by atoms with van der Waals surface area (Å²) in [6.45, 7) is 0. The summed E-state index contributed by atoms with van der Waals surface area (Å²) in [4.78, 5) is 24.2. The fraction of sp³-hybridized carbons (Fsp3) is 0.412. The third kappa shape index (κ3) is 2.65. The van der Waals surface area contributed by atoms with Gasteiger partial charge in [-0.25, -0.2) is 0 Å². The summed E-state index contributed by atoms with van der Waals surface area (Å²) in [6, 6.07) is 5.09. The van der Waals surface area contributed by atoms with Gasteiger partial charge in [0.25, 0.3) is 0 Å². The van der Waals surface area contributed by atoms with E-state index in [4.69, 9.17) is 9.47 Å². The number of aliphatic carboxylic acids is 1. The molecule has 0 heterocycles. The highest BCUT2D eigenvalue weighted by atomic mass is 16.5. The van der Waals surface area contributed by atoms with Crippen LogP contribution in [0.25, 0.3) is 0 Å². The van der Waals surface area contributed by atoms with Crippen LogP contribution in [0.3, 0.4) is 0 Å². The van der Waals surface area contributed by atoms with Crippen molar-refractivity contribution in [3.05, 3.63) is 30.4 Å². The molecular weight excluding hydrogens is 298 g/mol. The van der Waals surface area contributed by atoms with Crippen LogP contribution in [0.1, 0.15) is 6.42 Å². The fourth-order valence-corrected chi connectivity index (χ4v) is 3.64. The van der Waals surface area contributed by atoms with E-state index in [1.54, 1.807) is 18.2 Å². The average molecular weight is 317 g/mol. The largest absolute Gasteiger partial charge is 0.497 e. The topological polar surface area (TPSA) is 84.9 Å². The van der Waals surface area contributed by atoms with Gasteiger partial charge in [0.15, 0.2) is 0 Å². The summed E-state index contributed by atoms with van der Waals surface area (Å²) < 4.78 is 10.4. The lowest BCUT2D eigenvalue weighted by Crippen LogP contribution is -2.36. The number of nitrogens with one attached hydrogen (secondary N) is 1. The Hall–Kier alpha value is -2.50. The van der Waals surface area contributed by atoms with Crippen LogP contribution < -0.4 is 14.8 Å². The molecule has 1 saturated carbocycles. The normalized spacial score (nSPS) is 27.7. The Bertz CT molecular complexity index is 669. The van der Waals surface area contributed by atoms with E-state index in [0.717, 1.165) is 6.42 Å². The number of hydrogen-bond donors (Lipinski definition) is 2. The molecule has 0 spiro atoms. The van der Waals surface area contributed by atoms with Gasteiger partial charge in [0.1, 0.15) is 11.5 Å². The van der Waals surface area contributed by atoms with E-state index >= 15 is 0 Å². The Morgan fingerprint density at radius 1 is 1.13 bits per heavy atom. The number of benzene rings is 1. The molecule has 0 aromatic heterocycles. The Kier molecular flexibility index (Phi) is 3.98. The van der Waals surface area contributed by atoms with Gasteiger partial charge in [0, 0.05) is 6.07 Å². The molecule has 122 valence electrons. The lowest BCUT2D eigenvalue weighted by Gasteiger charge is -2.24. The number of allylic oxidation sites excluding steroid dienone is 2. The van der Waals surface area contributed by atoms with Crippen molar-refractivity contribution in [3.8, 4) is 11.5 Å². The van der Waals surface area contributed by atoms with Crippen molar-refractivity contribution in [2.24, 2.45) is 23.7 Å². The Morgan fingerprint density at radius 3 is 2.43 bits per heavy atom. The number of carbonyl (C=O) groups is 2. The van der Waals surface area contributed by atoms with E-state index in [-0.39, 0.29) is 17.7 Å². The fourth-order valence-electron chi connectivity index (χ4n) is 3.64. The zero-order chi connectivity index (χ0) is 16.6. The highest BCUT2D eigenvalue weighted by Gasteiger charge is 2.51.